The molecule has 0 aliphatic heterocycles. The molecule has 4 unspecified atom stereocenters. The van der Waals surface area contributed by atoms with E-state index in [1.54, 1.807) is 6.92 Å². The molecule has 14 heteroatoms. The van der Waals surface area contributed by atoms with Gasteiger partial charge in [0.25, 0.3) is 0 Å². The number of allylic oxidation sites excluding steroid dienone is 1. The van der Waals surface area contributed by atoms with Crippen LogP contribution in [-0.2, 0) is 18.9 Å². The smallest absolute Gasteiger partial charge is 0.330 e. The van der Waals surface area contributed by atoms with Crippen molar-refractivity contribution in [3.8, 4) is 0 Å². The van der Waals surface area contributed by atoms with E-state index in [1.807, 2.05) is 6.92 Å². The van der Waals surface area contributed by atoms with Crippen LogP contribution in [0.15, 0.2) is 17.1 Å². The molecule has 178 valence electrons. The minimum absolute atomic E-state index is 0.0973. The number of nitrogens with zero attached hydrogens (tertiary/aromatic N) is 1. The summed E-state index contributed by atoms with van der Waals surface area (Å²) >= 11 is 0. The molecule has 2 amide bonds. The predicted octanol–water partition coefficient (Wildman–Crippen LogP) is -1.80. The Labute approximate surface area is 180 Å². The van der Waals surface area contributed by atoms with Crippen molar-refractivity contribution in [1.82, 2.24) is 10.6 Å². The maximum absolute atomic E-state index is 12.6. The average Bonchev–Trinajstić information content (AvgIpc) is 2.66. The number of aliphatic carboxylic acids is 1. The zero-order chi connectivity index (χ0) is 24.2. The van der Waals surface area contributed by atoms with E-state index in [-0.39, 0.29) is 24.8 Å². The normalized spacial score (nSPS) is 15.5. The van der Waals surface area contributed by atoms with Crippen molar-refractivity contribution in [2.75, 3.05) is 12.7 Å². The second kappa shape index (κ2) is 13.8. The van der Waals surface area contributed by atoms with Crippen molar-refractivity contribution in [3.63, 3.8) is 0 Å². The van der Waals surface area contributed by atoms with Gasteiger partial charge in [-0.25, -0.2) is 4.79 Å². The maximum atomic E-state index is 12.6. The molecule has 0 radical (unpaired) electrons. The van der Waals surface area contributed by atoms with Gasteiger partial charge < -0.3 is 42.7 Å². The van der Waals surface area contributed by atoms with Crippen LogP contribution in [0.1, 0.15) is 33.1 Å². The summed E-state index contributed by atoms with van der Waals surface area (Å²) in [6, 6.07) is -3.54. The Morgan fingerprint density at radius 1 is 1.16 bits per heavy atom. The first-order chi connectivity index (χ1) is 14.3. The number of rotatable bonds is 14. The fourth-order valence-electron chi connectivity index (χ4n) is 2.33. The number of hydrogen-bond acceptors (Lipinski definition) is 6. The van der Waals surface area contributed by atoms with Crippen molar-refractivity contribution < 1.29 is 33.8 Å². The molecule has 13 nitrogen and oxygen atoms in total. The summed E-state index contributed by atoms with van der Waals surface area (Å²) in [6.07, 6.45) is 2.27. The minimum atomic E-state index is -4.37. The number of carbonyl (C=O) groups is 3. The van der Waals surface area contributed by atoms with Gasteiger partial charge in [-0.2, -0.15) is 0 Å². The van der Waals surface area contributed by atoms with E-state index in [9.17, 15) is 24.1 Å². The van der Waals surface area contributed by atoms with Gasteiger partial charge in [-0.1, -0.05) is 32.4 Å². The van der Waals surface area contributed by atoms with Crippen LogP contribution in [0.3, 0.4) is 0 Å². The zero-order valence-corrected chi connectivity index (χ0v) is 18.5. The van der Waals surface area contributed by atoms with Gasteiger partial charge >= 0.3 is 13.6 Å². The molecule has 0 aromatic carbocycles. The summed E-state index contributed by atoms with van der Waals surface area (Å²) < 4.78 is 10.9. The summed E-state index contributed by atoms with van der Waals surface area (Å²) in [7, 11) is -4.37. The molecule has 31 heavy (non-hydrogen) atoms. The van der Waals surface area contributed by atoms with Crippen LogP contribution in [0.4, 0.5) is 0 Å². The molecule has 0 spiro atoms. The third-order valence-corrected chi connectivity index (χ3v) is 5.06. The standard InChI is InChI=1S/C17H33N6O7P/c1-3-10(2)13(18)15(25)22-11(6-4-8-21-17(19)20)14(24)23-12(16(26)27)7-5-9-31(28,29)30/h5,7,10-13H,3-4,6,8-9,18H2,1-2H3,(H,22,25)(H,23,24)(H,26,27)(H4,19,20,21)(H2,28,29,30). The zero-order valence-electron chi connectivity index (χ0n) is 17.6. The molecule has 0 heterocycles. The molecule has 0 aliphatic rings. The lowest BCUT2D eigenvalue weighted by Gasteiger charge is -2.24. The molecule has 0 bridgehead atoms. The Bertz CT molecular complexity index is 720. The molecule has 0 saturated heterocycles. The summed E-state index contributed by atoms with van der Waals surface area (Å²) in [5.41, 5.74) is 16.4. The van der Waals surface area contributed by atoms with Gasteiger partial charge in [-0.15, -0.1) is 0 Å². The van der Waals surface area contributed by atoms with Gasteiger partial charge in [0.05, 0.1) is 12.2 Å². The third kappa shape index (κ3) is 12.7. The highest BCUT2D eigenvalue weighted by atomic mass is 31.2. The van der Waals surface area contributed by atoms with E-state index >= 15 is 0 Å². The Morgan fingerprint density at radius 3 is 2.26 bits per heavy atom. The van der Waals surface area contributed by atoms with Gasteiger partial charge in [0, 0.05) is 6.54 Å². The van der Waals surface area contributed by atoms with Crippen LogP contribution in [0.5, 0.6) is 0 Å². The van der Waals surface area contributed by atoms with E-state index in [4.69, 9.17) is 27.0 Å². The van der Waals surface area contributed by atoms with E-state index in [2.05, 4.69) is 15.6 Å². The molecular formula is C17H33N6O7P. The number of carboxylic acid groups (broad SMARTS) is 1. The lowest BCUT2D eigenvalue weighted by molar-refractivity contribution is -0.140. The van der Waals surface area contributed by atoms with E-state index in [0.29, 0.717) is 12.8 Å². The van der Waals surface area contributed by atoms with Crippen molar-refractivity contribution in [2.45, 2.75) is 51.2 Å². The molecule has 0 aromatic rings. The minimum Gasteiger partial charge on any atom is -0.479 e. The Hall–Kier alpha value is -2.47. The fourth-order valence-corrected chi connectivity index (χ4v) is 2.73. The molecule has 0 rings (SSSR count). The third-order valence-electron chi connectivity index (χ3n) is 4.37. The van der Waals surface area contributed by atoms with Crippen LogP contribution in [0.2, 0.25) is 0 Å². The van der Waals surface area contributed by atoms with Gasteiger partial charge in [0.15, 0.2) is 5.96 Å². The van der Waals surface area contributed by atoms with Gasteiger partial charge in [-0.05, 0) is 18.8 Å². The second-order valence-corrected chi connectivity index (χ2v) is 8.72. The summed E-state index contributed by atoms with van der Waals surface area (Å²) in [5.74, 6) is -3.10. The molecule has 11 N–H and O–H groups in total. The maximum Gasteiger partial charge on any atom is 0.330 e. The molecule has 0 aliphatic carbocycles. The predicted molar refractivity (Wildman–Crippen MR) is 115 cm³/mol. The van der Waals surface area contributed by atoms with Crippen molar-refractivity contribution >= 4 is 31.3 Å². The summed E-state index contributed by atoms with van der Waals surface area (Å²) in [4.78, 5) is 57.9. The molecule has 4 atom stereocenters. The Balaban J connectivity index is 5.33. The number of carbonyl (C=O) groups excluding carboxylic acids is 2. The lowest BCUT2D eigenvalue weighted by Crippen LogP contribution is -2.55. The van der Waals surface area contributed by atoms with Crippen molar-refractivity contribution in [1.29, 1.82) is 0 Å². The van der Waals surface area contributed by atoms with Gasteiger partial charge in [0.2, 0.25) is 11.8 Å². The number of carboxylic acids is 1. The summed E-state index contributed by atoms with van der Waals surface area (Å²) in [6.45, 7) is 3.83. The first-order valence-electron chi connectivity index (χ1n) is 9.64. The van der Waals surface area contributed by atoms with E-state index in [1.165, 1.54) is 0 Å². The van der Waals surface area contributed by atoms with Crippen molar-refractivity contribution in [3.05, 3.63) is 12.2 Å². The molecule has 0 aromatic heterocycles. The monoisotopic (exact) mass is 464 g/mol. The van der Waals surface area contributed by atoms with Crippen LogP contribution in [0, 0.1) is 5.92 Å². The highest BCUT2D eigenvalue weighted by molar-refractivity contribution is 7.51. The van der Waals surface area contributed by atoms with Gasteiger partial charge in [-0.3, -0.25) is 19.1 Å². The number of nitrogens with one attached hydrogen (secondary N) is 2. The first kappa shape index (κ1) is 28.5. The van der Waals surface area contributed by atoms with Crippen LogP contribution < -0.4 is 27.8 Å². The van der Waals surface area contributed by atoms with Crippen molar-refractivity contribution in [2.24, 2.45) is 28.1 Å². The van der Waals surface area contributed by atoms with Crippen LogP contribution in [0.25, 0.3) is 0 Å². The van der Waals surface area contributed by atoms with Crippen LogP contribution in [-0.4, -0.2) is 69.5 Å². The molecular weight excluding hydrogens is 431 g/mol. The number of nitrogens with two attached hydrogens (primary N) is 3. The number of guanidine groups is 1. The Morgan fingerprint density at radius 2 is 1.77 bits per heavy atom. The largest absolute Gasteiger partial charge is 0.479 e. The quantitative estimate of drug-likeness (QED) is 0.0471. The second-order valence-electron chi connectivity index (χ2n) is 7.02. The van der Waals surface area contributed by atoms with E-state index < -0.39 is 49.7 Å². The lowest BCUT2D eigenvalue weighted by atomic mass is 9.98. The fraction of sp³-hybridized carbons (Fsp3) is 0.647. The SMILES string of the molecule is CCC(C)C(N)C(=O)NC(CCCN=C(N)N)C(=O)NC(C=CCP(=O)(O)O)C(=O)O. The number of amides is 2. The molecule has 0 fully saturated rings. The van der Waals surface area contributed by atoms with E-state index in [0.717, 1.165) is 12.2 Å². The molecule has 0 saturated carbocycles. The Kier molecular flexibility index (Phi) is 12.7. The summed E-state index contributed by atoms with van der Waals surface area (Å²) in [5, 5.41) is 14.0. The first-order valence-corrected chi connectivity index (χ1v) is 11.4. The number of hydrogen-bond donors (Lipinski definition) is 8. The topological polar surface area (TPSA) is 243 Å². The average molecular weight is 464 g/mol. The number of aliphatic imine (C=N–C) groups is 1. The highest BCUT2D eigenvalue weighted by Gasteiger charge is 2.28. The van der Waals surface area contributed by atoms with Gasteiger partial charge in [0.1, 0.15) is 12.1 Å². The highest BCUT2D eigenvalue weighted by Crippen LogP contribution is 2.33. The van der Waals surface area contributed by atoms with Crippen LogP contribution >= 0.6 is 7.60 Å².